The molecule has 8 heteroatoms. The molecular formula is C25H20ClN5OS. The van der Waals surface area contributed by atoms with E-state index in [1.807, 2.05) is 55.1 Å². The van der Waals surface area contributed by atoms with Gasteiger partial charge in [0.1, 0.15) is 22.9 Å². The van der Waals surface area contributed by atoms with Crippen LogP contribution in [-0.4, -0.2) is 24.7 Å². The van der Waals surface area contributed by atoms with Gasteiger partial charge in [0.15, 0.2) is 0 Å². The Kier molecular flexibility index (Phi) is 5.98. The maximum Gasteiger partial charge on any atom is 0.146 e. The van der Waals surface area contributed by atoms with Gasteiger partial charge < -0.3 is 4.74 Å². The van der Waals surface area contributed by atoms with Crippen molar-refractivity contribution >= 4 is 34.3 Å². The summed E-state index contributed by atoms with van der Waals surface area (Å²) in [5.74, 6) is 0.696. The van der Waals surface area contributed by atoms with Gasteiger partial charge in [0.2, 0.25) is 0 Å². The van der Waals surface area contributed by atoms with E-state index < -0.39 is 0 Å². The van der Waals surface area contributed by atoms with Crippen LogP contribution in [0, 0.1) is 6.92 Å². The first-order valence-corrected chi connectivity index (χ1v) is 11.5. The van der Waals surface area contributed by atoms with Crippen molar-refractivity contribution in [2.75, 3.05) is 0 Å². The number of benzene rings is 1. The Bertz CT molecular complexity index is 1440. The minimum absolute atomic E-state index is 0.284. The molecule has 0 saturated heterocycles. The summed E-state index contributed by atoms with van der Waals surface area (Å²) < 4.78 is 8.15. The molecule has 0 spiro atoms. The fourth-order valence-corrected chi connectivity index (χ4v) is 4.82. The molecule has 0 aliphatic rings. The standard InChI is InChI=1S/C25H20ClN5OS/c1-16-12-18(21-9-11-29-31(21)2)17-6-5-7-22(25(17)30-16)32-15-19-20(26)13-27-14-23(19)33-24-8-3-4-10-28-24/h3-14H,15H2,1-2H3. The highest BCUT2D eigenvalue weighted by Crippen LogP contribution is 2.35. The highest BCUT2D eigenvalue weighted by Gasteiger charge is 2.15. The average molecular weight is 474 g/mol. The number of hydrogen-bond acceptors (Lipinski definition) is 6. The van der Waals surface area contributed by atoms with Gasteiger partial charge in [-0.2, -0.15) is 5.10 Å². The minimum Gasteiger partial charge on any atom is -0.487 e. The van der Waals surface area contributed by atoms with Crippen LogP contribution in [0.15, 0.2) is 83.2 Å². The van der Waals surface area contributed by atoms with Gasteiger partial charge in [0.25, 0.3) is 0 Å². The lowest BCUT2D eigenvalue weighted by molar-refractivity contribution is 0.306. The Hall–Kier alpha value is -3.42. The van der Waals surface area contributed by atoms with Gasteiger partial charge in [-0.25, -0.2) is 9.97 Å². The first-order chi connectivity index (χ1) is 16.1. The SMILES string of the molecule is Cc1cc(-c2ccnn2C)c2cccc(OCc3c(Cl)cncc3Sc3ccccn3)c2n1. The van der Waals surface area contributed by atoms with Gasteiger partial charge in [-0.05, 0) is 37.3 Å². The third-order valence-electron chi connectivity index (χ3n) is 5.22. The van der Waals surface area contributed by atoms with E-state index in [-0.39, 0.29) is 6.61 Å². The number of rotatable bonds is 6. The molecule has 5 aromatic rings. The fourth-order valence-electron chi connectivity index (χ4n) is 3.66. The van der Waals surface area contributed by atoms with E-state index in [0.29, 0.717) is 10.8 Å². The van der Waals surface area contributed by atoms with Gasteiger partial charge in [-0.15, -0.1) is 0 Å². The molecule has 0 radical (unpaired) electrons. The van der Waals surface area contributed by atoms with Crippen LogP contribution >= 0.6 is 23.4 Å². The average Bonchev–Trinajstić information content (AvgIpc) is 3.24. The third kappa shape index (κ3) is 4.42. The van der Waals surface area contributed by atoms with E-state index in [1.165, 1.54) is 11.8 Å². The number of fused-ring (bicyclic) bond motifs is 1. The smallest absolute Gasteiger partial charge is 0.146 e. The molecule has 0 atom stereocenters. The predicted molar refractivity (Wildman–Crippen MR) is 131 cm³/mol. The highest BCUT2D eigenvalue weighted by molar-refractivity contribution is 7.99. The summed E-state index contributed by atoms with van der Waals surface area (Å²) in [6, 6.07) is 15.8. The molecule has 4 aromatic heterocycles. The zero-order valence-corrected chi connectivity index (χ0v) is 19.6. The predicted octanol–water partition coefficient (Wildman–Crippen LogP) is 6.12. The molecule has 6 nitrogen and oxygen atoms in total. The number of pyridine rings is 3. The second-order valence-corrected chi connectivity index (χ2v) is 8.93. The molecule has 0 fully saturated rings. The van der Waals surface area contributed by atoms with Crippen LogP contribution in [0.5, 0.6) is 5.75 Å². The number of para-hydroxylation sites is 1. The molecule has 4 heterocycles. The summed E-state index contributed by atoms with van der Waals surface area (Å²) in [5.41, 5.74) is 4.66. The summed E-state index contributed by atoms with van der Waals surface area (Å²) in [4.78, 5) is 14.3. The van der Waals surface area contributed by atoms with Crippen LogP contribution in [0.3, 0.4) is 0 Å². The Labute approximate surface area is 200 Å². The molecule has 0 saturated carbocycles. The van der Waals surface area contributed by atoms with Crippen molar-refractivity contribution in [2.24, 2.45) is 7.05 Å². The molecule has 1 aromatic carbocycles. The first-order valence-electron chi connectivity index (χ1n) is 10.3. The van der Waals surface area contributed by atoms with Crippen molar-refractivity contribution in [3.05, 3.63) is 89.6 Å². The lowest BCUT2D eigenvalue weighted by Crippen LogP contribution is -2.02. The van der Waals surface area contributed by atoms with Crippen molar-refractivity contribution in [3.8, 4) is 17.0 Å². The van der Waals surface area contributed by atoms with Crippen LogP contribution in [-0.2, 0) is 13.7 Å². The van der Waals surface area contributed by atoms with Crippen LogP contribution in [0.2, 0.25) is 5.02 Å². The molecule has 0 aliphatic heterocycles. The van der Waals surface area contributed by atoms with Crippen molar-refractivity contribution in [1.29, 1.82) is 0 Å². The molecule has 0 N–H and O–H groups in total. The second-order valence-electron chi connectivity index (χ2n) is 7.46. The third-order valence-corrected chi connectivity index (χ3v) is 6.57. The summed E-state index contributed by atoms with van der Waals surface area (Å²) in [7, 11) is 1.93. The number of ether oxygens (including phenoxy) is 1. The molecule has 164 valence electrons. The Morgan fingerprint density at radius 3 is 2.76 bits per heavy atom. The fraction of sp³-hybridized carbons (Fsp3) is 0.120. The summed E-state index contributed by atoms with van der Waals surface area (Å²) in [5, 5.41) is 6.74. The maximum absolute atomic E-state index is 6.51. The molecule has 0 unspecified atom stereocenters. The number of aryl methyl sites for hydroxylation is 2. The normalized spacial score (nSPS) is 11.1. The Morgan fingerprint density at radius 2 is 1.97 bits per heavy atom. The molecular weight excluding hydrogens is 454 g/mol. The van der Waals surface area contributed by atoms with E-state index >= 15 is 0 Å². The van der Waals surface area contributed by atoms with Crippen LogP contribution in [0.25, 0.3) is 22.2 Å². The van der Waals surface area contributed by atoms with Gasteiger partial charge in [0.05, 0.1) is 10.7 Å². The summed E-state index contributed by atoms with van der Waals surface area (Å²) in [6.07, 6.45) is 6.98. The van der Waals surface area contributed by atoms with Crippen LogP contribution in [0.1, 0.15) is 11.3 Å². The number of nitrogens with zero attached hydrogens (tertiary/aromatic N) is 5. The van der Waals surface area contributed by atoms with Gasteiger partial charge in [-0.1, -0.05) is 41.6 Å². The molecule has 0 aliphatic carbocycles. The molecule has 0 amide bonds. The van der Waals surface area contributed by atoms with Crippen molar-refractivity contribution in [1.82, 2.24) is 24.7 Å². The van der Waals surface area contributed by atoms with E-state index in [9.17, 15) is 0 Å². The molecule has 0 bridgehead atoms. The van der Waals surface area contributed by atoms with Crippen molar-refractivity contribution in [2.45, 2.75) is 23.5 Å². The van der Waals surface area contributed by atoms with E-state index in [0.717, 1.165) is 43.3 Å². The zero-order valence-electron chi connectivity index (χ0n) is 18.1. The second kappa shape index (κ2) is 9.21. The Balaban J connectivity index is 1.50. The van der Waals surface area contributed by atoms with E-state index in [4.69, 9.17) is 21.3 Å². The summed E-state index contributed by atoms with van der Waals surface area (Å²) in [6.45, 7) is 2.27. The number of halogens is 1. The quantitative estimate of drug-likeness (QED) is 0.296. The zero-order chi connectivity index (χ0) is 22.8. The van der Waals surface area contributed by atoms with E-state index in [2.05, 4.69) is 27.2 Å². The minimum atomic E-state index is 0.284. The highest BCUT2D eigenvalue weighted by atomic mass is 35.5. The van der Waals surface area contributed by atoms with Crippen LogP contribution < -0.4 is 4.74 Å². The molecule has 33 heavy (non-hydrogen) atoms. The van der Waals surface area contributed by atoms with Crippen LogP contribution in [0.4, 0.5) is 0 Å². The van der Waals surface area contributed by atoms with Crippen molar-refractivity contribution < 1.29 is 4.74 Å². The van der Waals surface area contributed by atoms with Gasteiger partial charge >= 0.3 is 0 Å². The monoisotopic (exact) mass is 473 g/mol. The first kappa shape index (κ1) is 21.4. The lowest BCUT2D eigenvalue weighted by atomic mass is 10.0. The Morgan fingerprint density at radius 1 is 1.06 bits per heavy atom. The van der Waals surface area contributed by atoms with Gasteiger partial charge in [-0.3, -0.25) is 9.67 Å². The van der Waals surface area contributed by atoms with Crippen molar-refractivity contribution in [3.63, 3.8) is 0 Å². The molecule has 5 rings (SSSR count). The number of hydrogen-bond donors (Lipinski definition) is 0. The topological polar surface area (TPSA) is 65.7 Å². The van der Waals surface area contributed by atoms with E-state index in [1.54, 1.807) is 24.8 Å². The lowest BCUT2D eigenvalue weighted by Gasteiger charge is -2.15. The maximum atomic E-state index is 6.51. The van der Waals surface area contributed by atoms with Gasteiger partial charge in [0, 0.05) is 58.9 Å². The number of aromatic nitrogens is 5. The summed E-state index contributed by atoms with van der Waals surface area (Å²) >= 11 is 8.02. The largest absolute Gasteiger partial charge is 0.487 e.